The maximum Gasteiger partial charge on any atom is 0.250 e. The van der Waals surface area contributed by atoms with Gasteiger partial charge < -0.3 is 14.5 Å². The number of hydrogen-bond acceptors (Lipinski definition) is 4. The lowest BCUT2D eigenvalue weighted by Gasteiger charge is -2.09. The average molecular weight is 273 g/mol. The second kappa shape index (κ2) is 6.16. The Morgan fingerprint density at radius 3 is 2.75 bits per heavy atom. The topological polar surface area (TPSA) is 68.5 Å². The van der Waals surface area contributed by atoms with Crippen molar-refractivity contribution in [1.29, 1.82) is 0 Å². The summed E-state index contributed by atoms with van der Waals surface area (Å²) < 4.78 is 10.1. The van der Waals surface area contributed by atoms with Gasteiger partial charge in [-0.2, -0.15) is 0 Å². The van der Waals surface area contributed by atoms with Crippen molar-refractivity contribution in [1.82, 2.24) is 0 Å². The third-order valence-corrected chi connectivity index (χ3v) is 2.80. The Balaban J connectivity index is 2.20. The number of aldehydes is 1. The normalized spacial score (nSPS) is 10.3. The average Bonchev–Trinajstić information content (AvgIpc) is 2.90. The number of benzene rings is 1. The van der Waals surface area contributed by atoms with E-state index in [1.54, 1.807) is 18.2 Å². The van der Waals surface area contributed by atoms with E-state index in [0.717, 1.165) is 16.8 Å². The van der Waals surface area contributed by atoms with Gasteiger partial charge in [0.1, 0.15) is 12.4 Å². The number of carbonyl (C=O) groups excluding carboxylic acids is 2. The highest BCUT2D eigenvalue weighted by atomic mass is 16.5. The van der Waals surface area contributed by atoms with E-state index < -0.39 is 0 Å². The van der Waals surface area contributed by atoms with Crippen molar-refractivity contribution in [3.63, 3.8) is 0 Å². The second-order valence-corrected chi connectivity index (χ2v) is 4.33. The Morgan fingerprint density at radius 2 is 2.15 bits per heavy atom. The molecule has 0 bridgehead atoms. The van der Waals surface area contributed by atoms with Crippen LogP contribution in [0.2, 0.25) is 0 Å². The van der Waals surface area contributed by atoms with Crippen molar-refractivity contribution < 1.29 is 18.7 Å². The van der Waals surface area contributed by atoms with Crippen LogP contribution in [0.3, 0.4) is 0 Å². The molecule has 1 heterocycles. The van der Waals surface area contributed by atoms with Crippen LogP contribution in [0.4, 0.5) is 5.69 Å². The van der Waals surface area contributed by atoms with Crippen LogP contribution in [0.15, 0.2) is 34.7 Å². The van der Waals surface area contributed by atoms with Crippen molar-refractivity contribution in [2.24, 2.45) is 0 Å². The minimum atomic E-state index is -0.204. The van der Waals surface area contributed by atoms with Gasteiger partial charge in [-0.1, -0.05) is 0 Å². The Bertz CT molecular complexity index is 631. The molecule has 0 aliphatic rings. The summed E-state index contributed by atoms with van der Waals surface area (Å²) in [5.41, 5.74) is 2.47. The number of anilines is 1. The summed E-state index contributed by atoms with van der Waals surface area (Å²) in [6, 6.07) is 8.85. The van der Waals surface area contributed by atoms with E-state index in [2.05, 4.69) is 5.32 Å². The van der Waals surface area contributed by atoms with E-state index in [1.807, 2.05) is 19.1 Å². The molecule has 0 spiro atoms. The molecular formula is C15H15NO4. The molecule has 20 heavy (non-hydrogen) atoms. The van der Waals surface area contributed by atoms with Gasteiger partial charge in [0, 0.05) is 18.4 Å². The first-order valence-electron chi connectivity index (χ1n) is 6.09. The van der Waals surface area contributed by atoms with Gasteiger partial charge in [-0.15, -0.1) is 0 Å². The Kier molecular flexibility index (Phi) is 4.32. The van der Waals surface area contributed by atoms with Crippen molar-refractivity contribution in [3.05, 3.63) is 41.7 Å². The van der Waals surface area contributed by atoms with Crippen LogP contribution in [0.1, 0.15) is 16.1 Å². The quantitative estimate of drug-likeness (QED) is 0.850. The number of nitrogens with one attached hydrogen (secondary N) is 1. The lowest BCUT2D eigenvalue weighted by molar-refractivity contribution is -0.119. The third kappa shape index (κ3) is 3.13. The number of furan rings is 1. The predicted molar refractivity (Wildman–Crippen MR) is 74.8 cm³/mol. The maximum atomic E-state index is 11.5. The van der Waals surface area contributed by atoms with Gasteiger partial charge in [0.05, 0.1) is 0 Å². The van der Waals surface area contributed by atoms with Crippen molar-refractivity contribution >= 4 is 17.9 Å². The maximum absolute atomic E-state index is 11.5. The van der Waals surface area contributed by atoms with Crippen molar-refractivity contribution in [3.8, 4) is 11.3 Å². The molecule has 1 amide bonds. The highest BCUT2D eigenvalue weighted by Crippen LogP contribution is 2.26. The summed E-state index contributed by atoms with van der Waals surface area (Å²) in [5.74, 6) is 0.699. The SMILES string of the molecule is COCC(=O)Nc1ccc(-c2ccc(C=O)o2)cc1C. The van der Waals surface area contributed by atoms with Crippen LogP contribution < -0.4 is 5.32 Å². The number of carbonyl (C=O) groups is 2. The molecule has 5 nitrogen and oxygen atoms in total. The summed E-state index contributed by atoms with van der Waals surface area (Å²) in [7, 11) is 1.47. The summed E-state index contributed by atoms with van der Waals surface area (Å²) in [4.78, 5) is 22.1. The van der Waals surface area contributed by atoms with E-state index in [9.17, 15) is 9.59 Å². The molecule has 0 aliphatic carbocycles. The number of amides is 1. The van der Waals surface area contributed by atoms with E-state index in [4.69, 9.17) is 9.15 Å². The zero-order chi connectivity index (χ0) is 14.5. The molecule has 0 radical (unpaired) electrons. The molecule has 0 unspecified atom stereocenters. The smallest absolute Gasteiger partial charge is 0.250 e. The van der Waals surface area contributed by atoms with E-state index >= 15 is 0 Å². The minimum Gasteiger partial charge on any atom is -0.453 e. The standard InChI is InChI=1S/C15H15NO4/c1-10-7-11(14-6-4-12(8-17)20-14)3-5-13(10)16-15(18)9-19-2/h3-8H,9H2,1-2H3,(H,16,18). The molecule has 1 aromatic heterocycles. The van der Waals surface area contributed by atoms with Gasteiger partial charge >= 0.3 is 0 Å². The summed E-state index contributed by atoms with van der Waals surface area (Å²) >= 11 is 0. The van der Waals surface area contributed by atoms with Gasteiger partial charge in [0.25, 0.3) is 0 Å². The number of methoxy groups -OCH3 is 1. The fourth-order valence-corrected chi connectivity index (χ4v) is 1.85. The molecule has 2 rings (SSSR count). The number of rotatable bonds is 5. The molecule has 2 aromatic rings. The molecule has 0 fully saturated rings. The largest absolute Gasteiger partial charge is 0.453 e. The Morgan fingerprint density at radius 1 is 1.35 bits per heavy atom. The molecule has 5 heteroatoms. The molecule has 0 aliphatic heterocycles. The van der Waals surface area contributed by atoms with Crippen LogP contribution in [-0.2, 0) is 9.53 Å². The fourth-order valence-electron chi connectivity index (χ4n) is 1.85. The van der Waals surface area contributed by atoms with Crippen LogP contribution in [0, 0.1) is 6.92 Å². The monoisotopic (exact) mass is 273 g/mol. The number of hydrogen-bond donors (Lipinski definition) is 1. The molecule has 1 N–H and O–H groups in total. The van der Waals surface area contributed by atoms with Gasteiger partial charge in [-0.25, -0.2) is 0 Å². The van der Waals surface area contributed by atoms with E-state index in [-0.39, 0.29) is 18.3 Å². The highest BCUT2D eigenvalue weighted by Gasteiger charge is 2.08. The third-order valence-electron chi connectivity index (χ3n) is 2.80. The Labute approximate surface area is 116 Å². The van der Waals surface area contributed by atoms with Gasteiger partial charge in [0.2, 0.25) is 5.91 Å². The lowest BCUT2D eigenvalue weighted by atomic mass is 10.1. The molecular weight excluding hydrogens is 258 g/mol. The van der Waals surface area contributed by atoms with Crippen LogP contribution >= 0.6 is 0 Å². The first-order chi connectivity index (χ1) is 9.63. The summed E-state index contributed by atoms with van der Waals surface area (Å²) in [6.07, 6.45) is 0.662. The molecule has 1 aromatic carbocycles. The minimum absolute atomic E-state index is 0.0159. The van der Waals surface area contributed by atoms with Crippen LogP contribution in [-0.4, -0.2) is 25.9 Å². The fraction of sp³-hybridized carbons (Fsp3) is 0.200. The summed E-state index contributed by atoms with van der Waals surface area (Å²) in [6.45, 7) is 1.90. The first-order valence-corrected chi connectivity index (χ1v) is 6.09. The molecule has 0 saturated carbocycles. The molecule has 0 atom stereocenters. The Hall–Kier alpha value is -2.40. The molecule has 0 saturated heterocycles. The first kappa shape index (κ1) is 14.0. The zero-order valence-corrected chi connectivity index (χ0v) is 11.3. The zero-order valence-electron chi connectivity index (χ0n) is 11.3. The second-order valence-electron chi connectivity index (χ2n) is 4.33. The number of aryl methyl sites for hydroxylation is 1. The van der Waals surface area contributed by atoms with E-state index in [0.29, 0.717) is 12.0 Å². The lowest BCUT2D eigenvalue weighted by Crippen LogP contribution is -2.17. The van der Waals surface area contributed by atoms with Crippen molar-refractivity contribution in [2.45, 2.75) is 6.92 Å². The van der Waals surface area contributed by atoms with Crippen LogP contribution in [0.25, 0.3) is 11.3 Å². The van der Waals surface area contributed by atoms with Gasteiger partial charge in [-0.05, 0) is 42.8 Å². The van der Waals surface area contributed by atoms with Crippen LogP contribution in [0.5, 0.6) is 0 Å². The molecule has 104 valence electrons. The van der Waals surface area contributed by atoms with E-state index in [1.165, 1.54) is 7.11 Å². The highest BCUT2D eigenvalue weighted by molar-refractivity contribution is 5.92. The number of ether oxygens (including phenoxy) is 1. The van der Waals surface area contributed by atoms with Gasteiger partial charge in [-0.3, -0.25) is 9.59 Å². The summed E-state index contributed by atoms with van der Waals surface area (Å²) in [5, 5.41) is 2.76. The van der Waals surface area contributed by atoms with Crippen molar-refractivity contribution in [2.75, 3.05) is 19.0 Å². The predicted octanol–water partition coefficient (Wildman–Crippen LogP) is 2.65. The van der Waals surface area contributed by atoms with Gasteiger partial charge in [0.15, 0.2) is 12.0 Å².